The number of unbranched alkanes of at least 4 members (excludes halogenated alkanes) is 1. The van der Waals surface area contributed by atoms with E-state index in [9.17, 15) is 25.2 Å². The van der Waals surface area contributed by atoms with Crippen LogP contribution >= 0.6 is 23.4 Å². The number of carbonyl (C=O) groups excluding carboxylic acids is 1. The lowest BCUT2D eigenvalue weighted by molar-refractivity contribution is -0.138. The van der Waals surface area contributed by atoms with Gasteiger partial charge in [-0.05, 0) is 91.3 Å². The normalized spacial score (nSPS) is 17.7. The lowest BCUT2D eigenvalue weighted by atomic mass is 9.94. The Labute approximate surface area is 291 Å². The first-order valence-corrected chi connectivity index (χ1v) is 17.9. The molecule has 0 aliphatic heterocycles. The van der Waals surface area contributed by atoms with Crippen molar-refractivity contribution in [3.8, 4) is 16.9 Å². The number of likely N-dealkylation sites (N-methyl/N-ethyl adjacent to an activating group) is 1. The highest BCUT2D eigenvalue weighted by Gasteiger charge is 2.46. The average Bonchev–Trinajstić information content (AvgIpc) is 4.05. The van der Waals surface area contributed by atoms with Crippen molar-refractivity contribution in [1.82, 2.24) is 15.2 Å². The van der Waals surface area contributed by atoms with E-state index in [4.69, 9.17) is 21.4 Å². The quantitative estimate of drug-likeness (QED) is 0.0803. The Morgan fingerprint density at radius 1 is 1.06 bits per heavy atom. The van der Waals surface area contributed by atoms with E-state index in [0.717, 1.165) is 65.2 Å². The summed E-state index contributed by atoms with van der Waals surface area (Å²) in [6.07, 6.45) is 3.57. The third kappa shape index (κ3) is 9.48. The highest BCUT2D eigenvalue weighted by molar-refractivity contribution is 7.99. The zero-order valence-electron chi connectivity index (χ0n) is 27.2. The zero-order chi connectivity index (χ0) is 34.3. The number of ether oxygens (including phenoxy) is 1. The van der Waals surface area contributed by atoms with Crippen LogP contribution in [-0.2, 0) is 16.9 Å². The van der Waals surface area contributed by atoms with Crippen LogP contribution in [0.2, 0.25) is 5.02 Å². The van der Waals surface area contributed by atoms with Crippen molar-refractivity contribution >= 4 is 29.3 Å². The topological polar surface area (TPSA) is 156 Å². The monoisotopic (exact) mass is 699 g/mol. The van der Waals surface area contributed by atoms with Gasteiger partial charge in [-0.15, -0.1) is 11.8 Å². The van der Waals surface area contributed by atoms with Crippen LogP contribution in [0.1, 0.15) is 56.1 Å². The molecule has 1 heterocycles. The Kier molecular flexibility index (Phi) is 12.8. The SMILES string of the molecule is CN(C[C@H](O)[C@@H](O)[C@H](O)[C@H](O)CO)C(=O)CCCCSc1ccc(Cl)c(CNC2(c3cnccc3-c3ccccc3OC3CC3)CC2)c1. The van der Waals surface area contributed by atoms with Gasteiger partial charge in [-0.3, -0.25) is 9.78 Å². The second-order valence-corrected chi connectivity index (χ2v) is 14.4. The minimum absolute atomic E-state index is 0.183. The van der Waals surface area contributed by atoms with Gasteiger partial charge in [0, 0.05) is 60.0 Å². The van der Waals surface area contributed by atoms with Crippen molar-refractivity contribution in [2.75, 3.05) is 26.0 Å². The van der Waals surface area contributed by atoms with Crippen LogP contribution < -0.4 is 10.1 Å². The van der Waals surface area contributed by atoms with Gasteiger partial charge < -0.3 is 40.5 Å². The molecule has 0 radical (unpaired) electrons. The van der Waals surface area contributed by atoms with E-state index in [1.807, 2.05) is 42.7 Å². The van der Waals surface area contributed by atoms with E-state index in [1.165, 1.54) is 17.5 Å². The maximum atomic E-state index is 12.5. The standard InChI is InChI=1S/C36H46ClN3O7S/c1-40(21-30(42)34(45)35(46)31(43)22-41)33(44)8-4-5-17-48-25-11-12-29(37)23(18-25)19-39-36(14-15-36)28-20-38-16-13-26(28)27-6-2-3-7-32(27)47-24-9-10-24/h2-3,6-7,11-13,16,18,20,24,30-31,34-35,39,41-43,45-46H,4-5,8-10,14-15,17,19,21-22H2,1H3/t30-,31+,34+,35+/m0/s1. The second-order valence-electron chi connectivity index (χ2n) is 12.8. The maximum Gasteiger partial charge on any atom is 0.222 e. The molecule has 2 aliphatic rings. The number of aliphatic hydroxyl groups is 5. The largest absolute Gasteiger partial charge is 0.490 e. The van der Waals surface area contributed by atoms with Gasteiger partial charge in [-0.1, -0.05) is 29.8 Å². The molecule has 4 atom stereocenters. The Balaban J connectivity index is 1.10. The van der Waals surface area contributed by atoms with Crippen LogP contribution in [0.3, 0.4) is 0 Å². The molecule has 3 aromatic rings. The van der Waals surface area contributed by atoms with Crippen LogP contribution in [0, 0.1) is 0 Å². The number of para-hydroxylation sites is 1. The molecule has 10 nitrogen and oxygen atoms in total. The fraction of sp³-hybridized carbons (Fsp3) is 0.500. The molecule has 1 amide bonds. The molecule has 12 heteroatoms. The second kappa shape index (κ2) is 16.8. The number of hydrogen-bond acceptors (Lipinski definition) is 10. The molecular formula is C36H46ClN3O7S. The lowest BCUT2D eigenvalue weighted by Gasteiger charge is -2.28. The van der Waals surface area contributed by atoms with Crippen LogP contribution in [0.4, 0.5) is 0 Å². The fourth-order valence-electron chi connectivity index (χ4n) is 5.69. The Morgan fingerprint density at radius 2 is 1.81 bits per heavy atom. The summed E-state index contributed by atoms with van der Waals surface area (Å²) >= 11 is 8.35. The number of halogens is 1. The number of amides is 1. The number of pyridine rings is 1. The van der Waals surface area contributed by atoms with Gasteiger partial charge in [0.25, 0.3) is 0 Å². The Bertz CT molecular complexity index is 1520. The molecule has 0 unspecified atom stereocenters. The van der Waals surface area contributed by atoms with Crippen LogP contribution in [0.15, 0.2) is 65.8 Å². The number of nitrogens with zero attached hydrogens (tertiary/aromatic N) is 2. The van der Waals surface area contributed by atoms with E-state index in [-0.39, 0.29) is 24.4 Å². The number of hydrogen-bond donors (Lipinski definition) is 6. The van der Waals surface area contributed by atoms with Crippen molar-refractivity contribution in [2.24, 2.45) is 0 Å². The molecule has 2 aliphatic carbocycles. The van der Waals surface area contributed by atoms with E-state index in [1.54, 1.807) is 11.8 Å². The van der Waals surface area contributed by atoms with Crippen molar-refractivity contribution in [3.63, 3.8) is 0 Å². The molecule has 0 spiro atoms. The first-order chi connectivity index (χ1) is 23.1. The summed E-state index contributed by atoms with van der Waals surface area (Å²) in [6, 6.07) is 16.4. The van der Waals surface area contributed by atoms with Crippen molar-refractivity contribution in [1.29, 1.82) is 0 Å². The highest BCUT2D eigenvalue weighted by atomic mass is 35.5. The number of aliphatic hydroxyl groups excluding tert-OH is 5. The van der Waals surface area contributed by atoms with Gasteiger partial charge in [0.2, 0.25) is 5.91 Å². The van der Waals surface area contributed by atoms with Gasteiger partial charge >= 0.3 is 0 Å². The predicted molar refractivity (Wildman–Crippen MR) is 186 cm³/mol. The molecule has 2 saturated carbocycles. The van der Waals surface area contributed by atoms with Gasteiger partial charge in [-0.25, -0.2) is 0 Å². The summed E-state index contributed by atoms with van der Waals surface area (Å²) in [7, 11) is 1.51. The number of thioether (sulfide) groups is 1. The van der Waals surface area contributed by atoms with E-state index in [2.05, 4.69) is 28.5 Å². The van der Waals surface area contributed by atoms with Crippen LogP contribution in [0.25, 0.3) is 11.1 Å². The first kappa shape index (κ1) is 36.5. The van der Waals surface area contributed by atoms with Crippen LogP contribution in [0.5, 0.6) is 5.75 Å². The van der Waals surface area contributed by atoms with Crippen molar-refractivity contribution < 1.29 is 35.1 Å². The summed E-state index contributed by atoms with van der Waals surface area (Å²) in [6.45, 7) is -0.359. The zero-order valence-corrected chi connectivity index (χ0v) is 28.7. The van der Waals surface area contributed by atoms with Gasteiger partial charge in [0.1, 0.15) is 30.2 Å². The van der Waals surface area contributed by atoms with Crippen LogP contribution in [-0.4, -0.2) is 97.8 Å². The Hall–Kier alpha value is -2.74. The van der Waals surface area contributed by atoms with Crippen molar-refractivity contribution in [3.05, 3.63) is 77.1 Å². The molecular weight excluding hydrogens is 654 g/mol. The number of nitrogens with one attached hydrogen (secondary N) is 1. The molecule has 1 aromatic heterocycles. The van der Waals surface area contributed by atoms with E-state index >= 15 is 0 Å². The smallest absolute Gasteiger partial charge is 0.222 e. The first-order valence-electron chi connectivity index (χ1n) is 16.6. The average molecular weight is 700 g/mol. The van der Waals surface area contributed by atoms with E-state index < -0.39 is 31.0 Å². The summed E-state index contributed by atoms with van der Waals surface area (Å²) in [5.41, 5.74) is 4.23. The van der Waals surface area contributed by atoms with E-state index in [0.29, 0.717) is 24.1 Å². The summed E-state index contributed by atoms with van der Waals surface area (Å²) in [5.74, 6) is 1.52. The number of rotatable bonds is 19. The molecule has 260 valence electrons. The number of aromatic nitrogens is 1. The minimum Gasteiger partial charge on any atom is -0.490 e. The molecule has 0 saturated heterocycles. The highest BCUT2D eigenvalue weighted by Crippen LogP contribution is 2.50. The Morgan fingerprint density at radius 3 is 2.54 bits per heavy atom. The molecule has 2 aromatic carbocycles. The summed E-state index contributed by atoms with van der Waals surface area (Å²) < 4.78 is 6.25. The molecule has 5 rings (SSSR count). The van der Waals surface area contributed by atoms with Gasteiger partial charge in [-0.2, -0.15) is 0 Å². The molecule has 48 heavy (non-hydrogen) atoms. The third-order valence-corrected chi connectivity index (χ3v) is 10.4. The minimum atomic E-state index is -1.72. The summed E-state index contributed by atoms with van der Waals surface area (Å²) in [5, 5.41) is 52.8. The summed E-state index contributed by atoms with van der Waals surface area (Å²) in [4.78, 5) is 19.4. The van der Waals surface area contributed by atoms with Gasteiger partial charge in [0.05, 0.1) is 12.7 Å². The fourth-order valence-corrected chi connectivity index (χ4v) is 6.85. The van der Waals surface area contributed by atoms with Crippen molar-refractivity contribution in [2.45, 2.75) is 92.4 Å². The molecule has 2 fully saturated rings. The molecule has 0 bridgehead atoms. The maximum absolute atomic E-state index is 12.5. The molecule has 6 N–H and O–H groups in total. The third-order valence-electron chi connectivity index (χ3n) is 8.98. The predicted octanol–water partition coefficient (Wildman–Crippen LogP) is 3.88. The number of carbonyl (C=O) groups is 1. The number of benzene rings is 2. The van der Waals surface area contributed by atoms with Gasteiger partial charge in [0.15, 0.2) is 0 Å². The lowest BCUT2D eigenvalue weighted by Crippen LogP contribution is -2.49.